The number of hydrogen-bond donors (Lipinski definition) is 1. The highest BCUT2D eigenvalue weighted by molar-refractivity contribution is 5.97. The summed E-state index contributed by atoms with van der Waals surface area (Å²) in [6.07, 6.45) is 1.16. The zero-order chi connectivity index (χ0) is 27.0. The average molecular weight is 519 g/mol. The summed E-state index contributed by atoms with van der Waals surface area (Å²) in [6.45, 7) is 9.62. The summed E-state index contributed by atoms with van der Waals surface area (Å²) in [6, 6.07) is 30.1. The summed E-state index contributed by atoms with van der Waals surface area (Å²) in [5, 5.41) is 3.47. The van der Waals surface area contributed by atoms with Gasteiger partial charge in [-0.3, -0.25) is 4.90 Å². The van der Waals surface area contributed by atoms with Crippen molar-refractivity contribution < 1.29 is 14.3 Å². The molecule has 2 aliphatic heterocycles. The van der Waals surface area contributed by atoms with E-state index < -0.39 is 5.60 Å². The lowest BCUT2D eigenvalue weighted by Gasteiger charge is -2.37. The van der Waals surface area contributed by atoms with Gasteiger partial charge in [-0.15, -0.1) is 0 Å². The SMILES string of the molecule is CCN(CCC(C)C)Cc1ccc2c(c1)Oc1ccc(Nc3ccccc3)cc1C21OC(=O)c2ccccc21. The molecule has 198 valence electrons. The van der Waals surface area contributed by atoms with Gasteiger partial charge in [0.05, 0.1) is 5.56 Å². The second kappa shape index (κ2) is 10.2. The minimum atomic E-state index is -1.08. The van der Waals surface area contributed by atoms with Gasteiger partial charge in [0.2, 0.25) is 0 Å². The first kappa shape index (κ1) is 25.2. The number of anilines is 2. The maximum absolute atomic E-state index is 13.2. The molecule has 4 aromatic rings. The smallest absolute Gasteiger partial charge is 0.340 e. The van der Waals surface area contributed by atoms with E-state index in [9.17, 15) is 4.79 Å². The van der Waals surface area contributed by atoms with E-state index in [0.29, 0.717) is 17.2 Å². The van der Waals surface area contributed by atoms with Crippen LogP contribution >= 0.6 is 0 Å². The van der Waals surface area contributed by atoms with Gasteiger partial charge in [0, 0.05) is 34.6 Å². The Morgan fingerprint density at radius 1 is 0.821 bits per heavy atom. The predicted octanol–water partition coefficient (Wildman–Crippen LogP) is 7.87. The molecule has 1 unspecified atom stereocenters. The molecule has 0 bridgehead atoms. The molecule has 1 N–H and O–H groups in total. The Bertz CT molecular complexity index is 1510. The maximum atomic E-state index is 13.2. The molecule has 1 atom stereocenters. The highest BCUT2D eigenvalue weighted by Crippen LogP contribution is 2.56. The van der Waals surface area contributed by atoms with Gasteiger partial charge in [0.1, 0.15) is 11.5 Å². The van der Waals surface area contributed by atoms with Crippen molar-refractivity contribution in [1.29, 1.82) is 0 Å². The molecule has 0 aromatic heterocycles. The van der Waals surface area contributed by atoms with Crippen LogP contribution in [-0.4, -0.2) is 24.0 Å². The Balaban J connectivity index is 1.44. The number of ether oxygens (including phenoxy) is 2. The molecule has 0 radical (unpaired) electrons. The fourth-order valence-electron chi connectivity index (χ4n) is 5.63. The number of benzene rings is 4. The van der Waals surface area contributed by atoms with Crippen molar-refractivity contribution in [3.05, 3.63) is 119 Å². The van der Waals surface area contributed by atoms with Crippen LogP contribution in [0.2, 0.25) is 0 Å². The highest BCUT2D eigenvalue weighted by atomic mass is 16.6. The fraction of sp³-hybridized carbons (Fsp3) is 0.265. The van der Waals surface area contributed by atoms with Crippen molar-refractivity contribution in [2.45, 2.75) is 39.3 Å². The molecule has 0 fully saturated rings. The molecule has 6 rings (SSSR count). The summed E-state index contributed by atoms with van der Waals surface area (Å²) in [7, 11) is 0. The second-order valence-electron chi connectivity index (χ2n) is 10.8. The molecule has 0 saturated heterocycles. The van der Waals surface area contributed by atoms with E-state index in [2.05, 4.69) is 49.2 Å². The molecular weight excluding hydrogens is 484 g/mol. The van der Waals surface area contributed by atoms with Crippen LogP contribution in [0, 0.1) is 5.92 Å². The number of rotatable bonds is 8. The number of nitrogens with one attached hydrogen (secondary N) is 1. The van der Waals surface area contributed by atoms with Crippen LogP contribution in [0.5, 0.6) is 11.5 Å². The summed E-state index contributed by atoms with van der Waals surface area (Å²) in [5.74, 6) is 1.77. The molecule has 5 nitrogen and oxygen atoms in total. The minimum Gasteiger partial charge on any atom is -0.456 e. The quantitative estimate of drug-likeness (QED) is 0.241. The molecule has 4 aromatic carbocycles. The molecule has 1 spiro atoms. The normalized spacial score (nSPS) is 17.0. The lowest BCUT2D eigenvalue weighted by Crippen LogP contribution is -2.33. The van der Waals surface area contributed by atoms with Gasteiger partial charge in [-0.2, -0.15) is 0 Å². The third-order valence-electron chi connectivity index (χ3n) is 7.71. The number of esters is 1. The first-order chi connectivity index (χ1) is 19.0. The van der Waals surface area contributed by atoms with E-state index in [1.54, 1.807) is 0 Å². The number of hydrogen-bond acceptors (Lipinski definition) is 5. The predicted molar refractivity (Wildman–Crippen MR) is 155 cm³/mol. The zero-order valence-corrected chi connectivity index (χ0v) is 22.7. The largest absolute Gasteiger partial charge is 0.456 e. The number of nitrogens with zero attached hydrogens (tertiary/aromatic N) is 1. The molecule has 0 amide bonds. The van der Waals surface area contributed by atoms with Crippen molar-refractivity contribution in [2.24, 2.45) is 5.92 Å². The third-order valence-corrected chi connectivity index (χ3v) is 7.71. The van der Waals surface area contributed by atoms with E-state index >= 15 is 0 Å². The van der Waals surface area contributed by atoms with Crippen molar-refractivity contribution in [1.82, 2.24) is 4.90 Å². The Morgan fingerprint density at radius 2 is 1.62 bits per heavy atom. The van der Waals surface area contributed by atoms with Crippen LogP contribution < -0.4 is 10.1 Å². The van der Waals surface area contributed by atoms with Gasteiger partial charge in [-0.05, 0) is 73.5 Å². The Kier molecular flexibility index (Phi) is 6.61. The molecular formula is C34H34N2O3. The number of carbonyl (C=O) groups excluding carboxylic acids is 1. The average Bonchev–Trinajstić information content (AvgIpc) is 3.24. The lowest BCUT2D eigenvalue weighted by molar-refractivity contribution is 0.0224. The van der Waals surface area contributed by atoms with E-state index in [0.717, 1.165) is 59.9 Å². The van der Waals surface area contributed by atoms with Gasteiger partial charge >= 0.3 is 5.97 Å². The first-order valence-corrected chi connectivity index (χ1v) is 13.8. The summed E-state index contributed by atoms with van der Waals surface area (Å²) in [4.78, 5) is 15.7. The van der Waals surface area contributed by atoms with E-state index in [4.69, 9.17) is 9.47 Å². The third kappa shape index (κ3) is 4.57. The highest BCUT2D eigenvalue weighted by Gasteiger charge is 2.53. The number of para-hydroxylation sites is 1. The zero-order valence-electron chi connectivity index (χ0n) is 22.7. The van der Waals surface area contributed by atoms with Gasteiger partial charge in [-0.1, -0.05) is 69.3 Å². The molecule has 0 aliphatic carbocycles. The Labute approximate surface area is 230 Å². The molecule has 2 heterocycles. The standard InChI is InChI=1S/C34H34N2O3/c1-4-36(19-18-23(2)3)22-24-14-16-29-32(20-24)38-31-17-15-26(35-25-10-6-5-7-11-25)21-30(31)34(29)28-13-9-8-12-27(28)33(37)39-34/h5-17,20-21,23,35H,4,18-19,22H2,1-3H3. The van der Waals surface area contributed by atoms with Gasteiger partial charge in [0.25, 0.3) is 0 Å². The van der Waals surface area contributed by atoms with E-state index in [1.165, 1.54) is 5.56 Å². The van der Waals surface area contributed by atoms with Crippen molar-refractivity contribution in [3.63, 3.8) is 0 Å². The molecule has 39 heavy (non-hydrogen) atoms. The van der Waals surface area contributed by atoms with Gasteiger partial charge in [0.15, 0.2) is 5.60 Å². The maximum Gasteiger partial charge on any atom is 0.340 e. The van der Waals surface area contributed by atoms with Crippen molar-refractivity contribution in [2.75, 3.05) is 18.4 Å². The van der Waals surface area contributed by atoms with Crippen LogP contribution in [0.4, 0.5) is 11.4 Å². The van der Waals surface area contributed by atoms with Crippen molar-refractivity contribution >= 4 is 17.3 Å². The van der Waals surface area contributed by atoms with E-state index in [-0.39, 0.29) is 5.97 Å². The molecule has 5 heteroatoms. The monoisotopic (exact) mass is 518 g/mol. The van der Waals surface area contributed by atoms with Gasteiger partial charge < -0.3 is 14.8 Å². The Hall–Kier alpha value is -4.09. The molecule has 2 aliphatic rings. The van der Waals surface area contributed by atoms with Crippen LogP contribution in [0.25, 0.3) is 0 Å². The number of carbonyl (C=O) groups is 1. The van der Waals surface area contributed by atoms with Crippen molar-refractivity contribution in [3.8, 4) is 11.5 Å². The van der Waals surface area contributed by atoms with Gasteiger partial charge in [-0.25, -0.2) is 4.79 Å². The second-order valence-corrected chi connectivity index (χ2v) is 10.8. The minimum absolute atomic E-state index is 0.319. The summed E-state index contributed by atoms with van der Waals surface area (Å²) >= 11 is 0. The molecule has 0 saturated carbocycles. The van der Waals surface area contributed by atoms with Crippen LogP contribution in [0.3, 0.4) is 0 Å². The first-order valence-electron chi connectivity index (χ1n) is 13.8. The summed E-state index contributed by atoms with van der Waals surface area (Å²) in [5.41, 5.74) is 5.07. The fourth-order valence-corrected chi connectivity index (χ4v) is 5.63. The van der Waals surface area contributed by atoms with Crippen LogP contribution in [0.1, 0.15) is 59.8 Å². The topological polar surface area (TPSA) is 50.8 Å². The van der Waals surface area contributed by atoms with Crippen LogP contribution in [-0.2, 0) is 16.9 Å². The Morgan fingerprint density at radius 3 is 2.41 bits per heavy atom. The number of fused-ring (bicyclic) bond motifs is 6. The lowest BCUT2D eigenvalue weighted by atomic mass is 9.77. The van der Waals surface area contributed by atoms with E-state index in [1.807, 2.05) is 72.8 Å². The van der Waals surface area contributed by atoms with Crippen LogP contribution in [0.15, 0.2) is 91.0 Å². The summed E-state index contributed by atoms with van der Waals surface area (Å²) < 4.78 is 12.9.